The highest BCUT2D eigenvalue weighted by atomic mass is 32.2. The summed E-state index contributed by atoms with van der Waals surface area (Å²) in [5.41, 5.74) is 5.32. The standard InChI is InChI=1S/C9H18N2O3S2/c1-7(9(10)15)16(12,13)11-6-8-2-4-14-5-3-8/h7-8,11H,2-6H2,1H3,(H2,10,15). The van der Waals surface area contributed by atoms with Crippen LogP contribution in [0.2, 0.25) is 0 Å². The number of hydrogen-bond acceptors (Lipinski definition) is 4. The summed E-state index contributed by atoms with van der Waals surface area (Å²) in [6.07, 6.45) is 1.79. The van der Waals surface area contributed by atoms with Gasteiger partial charge in [-0.2, -0.15) is 0 Å². The van der Waals surface area contributed by atoms with Crippen LogP contribution >= 0.6 is 12.2 Å². The third-order valence-corrected chi connectivity index (χ3v) is 5.04. The second kappa shape index (κ2) is 5.90. The van der Waals surface area contributed by atoms with E-state index in [1.54, 1.807) is 0 Å². The van der Waals surface area contributed by atoms with Gasteiger partial charge in [0.2, 0.25) is 10.0 Å². The van der Waals surface area contributed by atoms with Gasteiger partial charge in [0.15, 0.2) is 0 Å². The summed E-state index contributed by atoms with van der Waals surface area (Å²) in [5, 5.41) is -0.817. The van der Waals surface area contributed by atoms with E-state index in [1.807, 2.05) is 0 Å². The van der Waals surface area contributed by atoms with E-state index in [-0.39, 0.29) is 4.99 Å². The molecule has 3 N–H and O–H groups in total. The molecular weight excluding hydrogens is 248 g/mol. The molecule has 1 aliphatic heterocycles. The molecule has 16 heavy (non-hydrogen) atoms. The number of nitrogens with two attached hydrogens (primary N) is 1. The lowest BCUT2D eigenvalue weighted by molar-refractivity contribution is 0.0678. The Labute approximate surface area is 102 Å². The molecule has 0 radical (unpaired) electrons. The van der Waals surface area contributed by atoms with Crippen LogP contribution in [0, 0.1) is 5.92 Å². The van der Waals surface area contributed by atoms with Crippen molar-refractivity contribution in [2.45, 2.75) is 25.0 Å². The average Bonchev–Trinajstić information content (AvgIpc) is 2.27. The van der Waals surface area contributed by atoms with Gasteiger partial charge in [-0.15, -0.1) is 0 Å². The molecule has 94 valence electrons. The topological polar surface area (TPSA) is 81.4 Å². The lowest BCUT2D eigenvalue weighted by atomic mass is 10.0. The quantitative estimate of drug-likeness (QED) is 0.685. The minimum atomic E-state index is -3.42. The minimum Gasteiger partial charge on any atom is -0.392 e. The van der Waals surface area contributed by atoms with Crippen LogP contribution in [0.25, 0.3) is 0 Å². The fourth-order valence-electron chi connectivity index (χ4n) is 1.46. The molecule has 0 bridgehead atoms. The average molecular weight is 266 g/mol. The number of ether oxygens (including phenoxy) is 1. The molecule has 1 saturated heterocycles. The molecule has 1 rings (SSSR count). The first-order chi connectivity index (χ1) is 7.43. The summed E-state index contributed by atoms with van der Waals surface area (Å²) in [6, 6.07) is 0. The second-order valence-electron chi connectivity index (χ2n) is 3.99. The minimum absolute atomic E-state index is 0.000484. The largest absolute Gasteiger partial charge is 0.392 e. The zero-order valence-corrected chi connectivity index (χ0v) is 10.9. The van der Waals surface area contributed by atoms with Gasteiger partial charge < -0.3 is 10.5 Å². The van der Waals surface area contributed by atoms with E-state index >= 15 is 0 Å². The Kier molecular flexibility index (Phi) is 5.10. The summed E-state index contributed by atoms with van der Waals surface area (Å²) in [6.45, 7) is 3.35. The van der Waals surface area contributed by atoms with Crippen molar-refractivity contribution in [3.63, 3.8) is 0 Å². The maximum atomic E-state index is 11.7. The highest BCUT2D eigenvalue weighted by Gasteiger charge is 2.24. The van der Waals surface area contributed by atoms with Gasteiger partial charge in [-0.1, -0.05) is 12.2 Å². The smallest absolute Gasteiger partial charge is 0.220 e. The van der Waals surface area contributed by atoms with Crippen LogP contribution in [-0.2, 0) is 14.8 Å². The summed E-state index contributed by atoms with van der Waals surface area (Å²) in [5.74, 6) is 0.349. The number of nitrogens with one attached hydrogen (secondary N) is 1. The molecule has 5 nitrogen and oxygen atoms in total. The van der Waals surface area contributed by atoms with Crippen molar-refractivity contribution in [2.24, 2.45) is 11.7 Å². The molecule has 0 saturated carbocycles. The van der Waals surface area contributed by atoms with Crippen molar-refractivity contribution >= 4 is 27.2 Å². The molecule has 0 aromatic heterocycles. The Morgan fingerprint density at radius 1 is 1.56 bits per heavy atom. The molecule has 0 aromatic carbocycles. The highest BCUT2D eigenvalue weighted by Crippen LogP contribution is 2.14. The van der Waals surface area contributed by atoms with Crippen LogP contribution in [-0.4, -0.2) is 38.4 Å². The maximum absolute atomic E-state index is 11.7. The molecule has 7 heteroatoms. The Balaban J connectivity index is 2.44. The molecule has 1 aliphatic rings. The maximum Gasteiger partial charge on any atom is 0.220 e. The van der Waals surface area contributed by atoms with E-state index in [1.165, 1.54) is 6.92 Å². The Morgan fingerprint density at radius 3 is 2.62 bits per heavy atom. The van der Waals surface area contributed by atoms with Crippen molar-refractivity contribution < 1.29 is 13.2 Å². The Hall–Kier alpha value is -0.240. The fraction of sp³-hybridized carbons (Fsp3) is 0.889. The lowest BCUT2D eigenvalue weighted by Crippen LogP contribution is -2.42. The summed E-state index contributed by atoms with van der Waals surface area (Å²) < 4.78 is 31.2. The summed E-state index contributed by atoms with van der Waals surface area (Å²) in [7, 11) is -3.42. The monoisotopic (exact) mass is 266 g/mol. The zero-order valence-electron chi connectivity index (χ0n) is 9.31. The van der Waals surface area contributed by atoms with Crippen LogP contribution in [0.15, 0.2) is 0 Å². The van der Waals surface area contributed by atoms with Crippen LogP contribution < -0.4 is 10.5 Å². The predicted octanol–water partition coefficient (Wildman–Crippen LogP) is 0.00700. The van der Waals surface area contributed by atoms with E-state index in [9.17, 15) is 8.42 Å². The van der Waals surface area contributed by atoms with Gasteiger partial charge >= 0.3 is 0 Å². The van der Waals surface area contributed by atoms with Gasteiger partial charge in [-0.05, 0) is 25.7 Å². The molecular formula is C9H18N2O3S2. The van der Waals surface area contributed by atoms with Gasteiger partial charge in [0.05, 0.1) is 4.99 Å². The normalized spacial score (nSPS) is 20.6. The van der Waals surface area contributed by atoms with Crippen LogP contribution in [0.4, 0.5) is 0 Å². The van der Waals surface area contributed by atoms with E-state index < -0.39 is 15.3 Å². The molecule has 0 spiro atoms. The predicted molar refractivity (Wildman–Crippen MR) is 66.7 cm³/mol. The molecule has 0 amide bonds. The van der Waals surface area contributed by atoms with Crippen LogP contribution in [0.5, 0.6) is 0 Å². The van der Waals surface area contributed by atoms with Gasteiger partial charge in [0.1, 0.15) is 5.25 Å². The number of thiocarbonyl (C=S) groups is 1. The molecule has 1 heterocycles. The number of sulfonamides is 1. The first-order valence-electron chi connectivity index (χ1n) is 5.29. The summed E-state index contributed by atoms with van der Waals surface area (Å²) in [4.78, 5) is -0.000484. The van der Waals surface area contributed by atoms with E-state index in [4.69, 9.17) is 10.5 Å². The van der Waals surface area contributed by atoms with Crippen LogP contribution in [0.3, 0.4) is 0 Å². The molecule has 1 unspecified atom stereocenters. The van der Waals surface area contributed by atoms with Crippen molar-refractivity contribution in [1.29, 1.82) is 0 Å². The van der Waals surface area contributed by atoms with E-state index in [0.717, 1.165) is 12.8 Å². The van der Waals surface area contributed by atoms with Gasteiger partial charge in [0.25, 0.3) is 0 Å². The Bertz CT molecular complexity index is 337. The summed E-state index contributed by atoms with van der Waals surface area (Å²) >= 11 is 4.68. The number of rotatable bonds is 5. The molecule has 0 aromatic rings. The zero-order chi connectivity index (χ0) is 12.2. The Morgan fingerprint density at radius 2 is 2.12 bits per heavy atom. The van der Waals surface area contributed by atoms with Crippen molar-refractivity contribution in [3.05, 3.63) is 0 Å². The van der Waals surface area contributed by atoms with Crippen molar-refractivity contribution in [2.75, 3.05) is 19.8 Å². The highest BCUT2D eigenvalue weighted by molar-refractivity contribution is 7.93. The first kappa shape index (κ1) is 13.8. The third kappa shape index (κ3) is 3.97. The van der Waals surface area contributed by atoms with Gasteiger partial charge in [-0.3, -0.25) is 0 Å². The van der Waals surface area contributed by atoms with Crippen molar-refractivity contribution in [1.82, 2.24) is 4.72 Å². The van der Waals surface area contributed by atoms with Crippen LogP contribution in [0.1, 0.15) is 19.8 Å². The molecule has 1 fully saturated rings. The second-order valence-corrected chi connectivity index (χ2v) is 6.55. The third-order valence-electron chi connectivity index (χ3n) is 2.78. The molecule has 0 aliphatic carbocycles. The van der Waals surface area contributed by atoms with Gasteiger partial charge in [-0.25, -0.2) is 13.1 Å². The van der Waals surface area contributed by atoms with E-state index in [0.29, 0.717) is 25.7 Å². The molecule has 1 atom stereocenters. The fourth-order valence-corrected chi connectivity index (χ4v) is 2.87. The first-order valence-corrected chi connectivity index (χ1v) is 7.24. The number of hydrogen-bond donors (Lipinski definition) is 2. The van der Waals surface area contributed by atoms with Crippen molar-refractivity contribution in [3.8, 4) is 0 Å². The van der Waals surface area contributed by atoms with Gasteiger partial charge in [0, 0.05) is 19.8 Å². The lowest BCUT2D eigenvalue weighted by Gasteiger charge is -2.23. The SMILES string of the molecule is CC(C(N)=S)S(=O)(=O)NCC1CCOCC1. The van der Waals surface area contributed by atoms with E-state index in [2.05, 4.69) is 16.9 Å².